The third kappa shape index (κ3) is 4.26. The zero-order valence-electron chi connectivity index (χ0n) is 14.3. The molecule has 3 N–H and O–H groups in total. The van der Waals surface area contributed by atoms with Gasteiger partial charge in [0.2, 0.25) is 0 Å². The van der Waals surface area contributed by atoms with Crippen LogP contribution in [0.3, 0.4) is 0 Å². The van der Waals surface area contributed by atoms with Crippen molar-refractivity contribution in [2.75, 3.05) is 0 Å². The van der Waals surface area contributed by atoms with Crippen molar-refractivity contribution < 1.29 is 9.90 Å². The molecule has 3 rings (SSSR count). The SMILES string of the molecule is Cc1cc(C[C@@H](C)NC(=O)c2cccc(-c3ccc(O)cc3)c2)n[nH]1. The predicted molar refractivity (Wildman–Crippen MR) is 97.5 cm³/mol. The largest absolute Gasteiger partial charge is 0.508 e. The Morgan fingerprint density at radius 3 is 2.60 bits per heavy atom. The standard InChI is InChI=1S/C20H21N3O2/c1-13(10-18-11-14(2)22-23-18)21-20(25)17-5-3-4-16(12-17)15-6-8-19(24)9-7-15/h3-9,11-13,24H,10H2,1-2H3,(H,21,25)(H,22,23)/t13-/m1/s1. The summed E-state index contributed by atoms with van der Waals surface area (Å²) in [6, 6.07) is 16.3. The smallest absolute Gasteiger partial charge is 0.251 e. The van der Waals surface area contributed by atoms with Crippen molar-refractivity contribution in [1.29, 1.82) is 0 Å². The summed E-state index contributed by atoms with van der Waals surface area (Å²) in [5.41, 5.74) is 4.43. The Morgan fingerprint density at radius 1 is 1.16 bits per heavy atom. The van der Waals surface area contributed by atoms with Crippen molar-refractivity contribution in [2.24, 2.45) is 0 Å². The van der Waals surface area contributed by atoms with Gasteiger partial charge in [-0.2, -0.15) is 5.10 Å². The topological polar surface area (TPSA) is 78.0 Å². The third-order valence-electron chi connectivity index (χ3n) is 3.98. The summed E-state index contributed by atoms with van der Waals surface area (Å²) in [6.45, 7) is 3.92. The van der Waals surface area contributed by atoms with E-state index in [0.29, 0.717) is 12.0 Å². The van der Waals surface area contributed by atoms with Crippen LogP contribution in [0.25, 0.3) is 11.1 Å². The van der Waals surface area contributed by atoms with E-state index in [0.717, 1.165) is 22.5 Å². The number of amides is 1. The lowest BCUT2D eigenvalue weighted by molar-refractivity contribution is 0.0940. The van der Waals surface area contributed by atoms with Gasteiger partial charge in [-0.15, -0.1) is 0 Å². The first-order valence-electron chi connectivity index (χ1n) is 8.22. The van der Waals surface area contributed by atoms with E-state index in [1.165, 1.54) is 0 Å². The molecule has 0 fully saturated rings. The minimum absolute atomic E-state index is 0.0208. The van der Waals surface area contributed by atoms with Crippen LogP contribution in [0, 0.1) is 6.92 Å². The maximum absolute atomic E-state index is 12.5. The molecule has 0 aliphatic rings. The summed E-state index contributed by atoms with van der Waals surface area (Å²) >= 11 is 0. The third-order valence-corrected chi connectivity index (χ3v) is 3.98. The highest BCUT2D eigenvalue weighted by Crippen LogP contribution is 2.22. The Balaban J connectivity index is 1.69. The number of nitrogens with zero attached hydrogens (tertiary/aromatic N) is 1. The molecule has 1 atom stereocenters. The van der Waals surface area contributed by atoms with Gasteiger partial charge in [-0.3, -0.25) is 9.89 Å². The van der Waals surface area contributed by atoms with Crippen molar-refractivity contribution >= 4 is 5.91 Å². The maximum atomic E-state index is 12.5. The van der Waals surface area contributed by atoms with Crippen LogP contribution in [0.2, 0.25) is 0 Å². The van der Waals surface area contributed by atoms with E-state index in [4.69, 9.17) is 0 Å². The molecule has 0 radical (unpaired) electrons. The molecule has 1 heterocycles. The number of hydrogen-bond donors (Lipinski definition) is 3. The van der Waals surface area contributed by atoms with Gasteiger partial charge in [-0.25, -0.2) is 0 Å². The van der Waals surface area contributed by atoms with Gasteiger partial charge in [0.05, 0.1) is 5.69 Å². The zero-order valence-corrected chi connectivity index (χ0v) is 14.3. The van der Waals surface area contributed by atoms with E-state index in [2.05, 4.69) is 15.5 Å². The number of aromatic amines is 1. The highest BCUT2D eigenvalue weighted by Gasteiger charge is 2.12. The maximum Gasteiger partial charge on any atom is 0.251 e. The average molecular weight is 335 g/mol. The Kier molecular flexibility index (Phi) is 4.84. The molecule has 0 bridgehead atoms. The van der Waals surface area contributed by atoms with Gasteiger partial charge in [0.1, 0.15) is 5.75 Å². The quantitative estimate of drug-likeness (QED) is 0.668. The number of aromatic hydroxyl groups is 1. The lowest BCUT2D eigenvalue weighted by Gasteiger charge is -2.13. The Labute approximate surface area is 146 Å². The van der Waals surface area contributed by atoms with E-state index < -0.39 is 0 Å². The van der Waals surface area contributed by atoms with Gasteiger partial charge >= 0.3 is 0 Å². The Bertz CT molecular complexity index is 869. The number of aryl methyl sites for hydroxylation is 1. The van der Waals surface area contributed by atoms with Crippen molar-refractivity contribution in [3.8, 4) is 16.9 Å². The number of rotatable bonds is 5. The molecule has 5 heteroatoms. The second-order valence-corrected chi connectivity index (χ2v) is 6.25. The number of benzene rings is 2. The minimum atomic E-state index is -0.111. The average Bonchev–Trinajstić information content (AvgIpc) is 3.00. The van der Waals surface area contributed by atoms with E-state index in [-0.39, 0.29) is 17.7 Å². The summed E-state index contributed by atoms with van der Waals surface area (Å²) < 4.78 is 0. The number of carbonyl (C=O) groups is 1. The van der Waals surface area contributed by atoms with E-state index >= 15 is 0 Å². The number of phenolic OH excluding ortho intramolecular Hbond substituents is 1. The second-order valence-electron chi connectivity index (χ2n) is 6.25. The lowest BCUT2D eigenvalue weighted by Crippen LogP contribution is -2.34. The fourth-order valence-corrected chi connectivity index (χ4v) is 2.74. The van der Waals surface area contributed by atoms with Crippen LogP contribution in [0.5, 0.6) is 5.75 Å². The molecule has 2 aromatic carbocycles. The van der Waals surface area contributed by atoms with Crippen LogP contribution in [0.15, 0.2) is 54.6 Å². The summed E-state index contributed by atoms with van der Waals surface area (Å²) in [6.07, 6.45) is 0.674. The van der Waals surface area contributed by atoms with Crippen molar-refractivity contribution in [1.82, 2.24) is 15.5 Å². The fraction of sp³-hybridized carbons (Fsp3) is 0.200. The lowest BCUT2D eigenvalue weighted by atomic mass is 10.0. The Hall–Kier alpha value is -3.08. The van der Waals surface area contributed by atoms with Gasteiger partial charge in [-0.1, -0.05) is 24.3 Å². The molecule has 0 saturated heterocycles. The molecular formula is C20H21N3O2. The van der Waals surface area contributed by atoms with Crippen LogP contribution < -0.4 is 5.32 Å². The number of phenols is 1. The van der Waals surface area contributed by atoms with Gasteiger partial charge in [0.15, 0.2) is 0 Å². The van der Waals surface area contributed by atoms with E-state index in [9.17, 15) is 9.90 Å². The molecule has 1 aromatic heterocycles. The molecule has 0 aliphatic heterocycles. The highest BCUT2D eigenvalue weighted by atomic mass is 16.3. The molecule has 0 unspecified atom stereocenters. The van der Waals surface area contributed by atoms with Crippen LogP contribution in [0.1, 0.15) is 28.7 Å². The van der Waals surface area contributed by atoms with Gasteiger partial charge in [0.25, 0.3) is 5.91 Å². The molecule has 0 aliphatic carbocycles. The number of carbonyl (C=O) groups excluding carboxylic acids is 1. The second kappa shape index (κ2) is 7.21. The fourth-order valence-electron chi connectivity index (χ4n) is 2.74. The first-order chi connectivity index (χ1) is 12.0. The number of nitrogens with one attached hydrogen (secondary N) is 2. The molecule has 3 aromatic rings. The van der Waals surface area contributed by atoms with Gasteiger partial charge < -0.3 is 10.4 Å². The normalized spacial score (nSPS) is 11.9. The molecule has 5 nitrogen and oxygen atoms in total. The first kappa shape index (κ1) is 16.8. The summed E-state index contributed by atoms with van der Waals surface area (Å²) in [7, 11) is 0. The van der Waals surface area contributed by atoms with E-state index in [1.807, 2.05) is 50.2 Å². The number of aromatic nitrogens is 2. The van der Waals surface area contributed by atoms with Crippen LogP contribution in [-0.4, -0.2) is 27.3 Å². The van der Waals surface area contributed by atoms with Gasteiger partial charge in [-0.05, 0) is 55.3 Å². The van der Waals surface area contributed by atoms with E-state index in [1.54, 1.807) is 18.2 Å². The number of hydrogen-bond acceptors (Lipinski definition) is 3. The zero-order chi connectivity index (χ0) is 17.8. The molecule has 25 heavy (non-hydrogen) atoms. The van der Waals surface area contributed by atoms with Crippen molar-refractivity contribution in [3.05, 3.63) is 71.5 Å². The van der Waals surface area contributed by atoms with Crippen LogP contribution in [0.4, 0.5) is 0 Å². The molecule has 128 valence electrons. The monoisotopic (exact) mass is 335 g/mol. The minimum Gasteiger partial charge on any atom is -0.508 e. The molecular weight excluding hydrogens is 314 g/mol. The molecule has 0 saturated carbocycles. The summed E-state index contributed by atoms with van der Waals surface area (Å²) in [5, 5.41) is 19.5. The summed E-state index contributed by atoms with van der Waals surface area (Å²) in [4.78, 5) is 12.5. The van der Waals surface area contributed by atoms with Crippen molar-refractivity contribution in [3.63, 3.8) is 0 Å². The highest BCUT2D eigenvalue weighted by molar-refractivity contribution is 5.95. The molecule has 1 amide bonds. The Morgan fingerprint density at radius 2 is 1.92 bits per heavy atom. The predicted octanol–water partition coefficient (Wildman–Crippen LogP) is 3.45. The van der Waals surface area contributed by atoms with Crippen molar-refractivity contribution in [2.45, 2.75) is 26.3 Å². The molecule has 0 spiro atoms. The first-order valence-corrected chi connectivity index (χ1v) is 8.22. The van der Waals surface area contributed by atoms with Crippen LogP contribution >= 0.6 is 0 Å². The number of H-pyrrole nitrogens is 1. The summed E-state index contributed by atoms with van der Waals surface area (Å²) in [5.74, 6) is 0.112. The van der Waals surface area contributed by atoms with Crippen LogP contribution in [-0.2, 0) is 6.42 Å². The van der Waals surface area contributed by atoms with Gasteiger partial charge in [0, 0.05) is 23.7 Å².